The van der Waals surface area contributed by atoms with Gasteiger partial charge in [-0.2, -0.15) is 0 Å². The fourth-order valence-corrected chi connectivity index (χ4v) is 4.32. The van der Waals surface area contributed by atoms with Gasteiger partial charge in [-0.15, -0.1) is 0 Å². The molecule has 1 N–H and O–H groups in total. The second kappa shape index (κ2) is 19.5. The van der Waals surface area contributed by atoms with E-state index in [1.165, 1.54) is 96.3 Å². The molecule has 1 fully saturated rings. The summed E-state index contributed by atoms with van der Waals surface area (Å²) in [6.07, 6.45) is 21.4. The van der Waals surface area contributed by atoms with Crippen molar-refractivity contribution in [3.8, 4) is 0 Å². The molecule has 0 aromatic carbocycles. The minimum absolute atomic E-state index is 0.137. The quantitative estimate of drug-likeness (QED) is 0.0936. The Morgan fingerprint density at radius 1 is 0.812 bits per heavy atom. The van der Waals surface area contributed by atoms with Crippen molar-refractivity contribution >= 4 is 23.6 Å². The van der Waals surface area contributed by atoms with E-state index < -0.39 is 11.9 Å². The maximum absolute atomic E-state index is 10.8. The van der Waals surface area contributed by atoms with Crippen LogP contribution in [-0.2, 0) is 23.3 Å². The average Bonchev–Trinajstić information content (AvgIpc) is 2.77. The van der Waals surface area contributed by atoms with Crippen molar-refractivity contribution in [2.45, 2.75) is 126 Å². The number of ether oxygens (including phenoxy) is 3. The second-order valence-corrected chi connectivity index (χ2v) is 12.3. The van der Waals surface area contributed by atoms with Gasteiger partial charge in [0.05, 0.1) is 32.5 Å². The van der Waals surface area contributed by atoms with E-state index in [0.717, 1.165) is 6.42 Å². The van der Waals surface area contributed by atoms with Crippen LogP contribution in [0.5, 0.6) is 0 Å². The molecule has 1 aliphatic rings. The molecule has 1 rings (SSSR count). The molecular formula is C24H46BrO6P. The van der Waals surface area contributed by atoms with Crippen LogP contribution in [0.15, 0.2) is 0 Å². The predicted octanol–water partition coefficient (Wildman–Crippen LogP) is 7.26. The number of alkyl halides is 1. The maximum Gasteiger partial charge on any atom is 0.362 e. The third-order valence-electron chi connectivity index (χ3n) is 6.03. The predicted molar refractivity (Wildman–Crippen MR) is 132 cm³/mol. The topological polar surface area (TPSA) is 82.1 Å². The first kappa shape index (κ1) is 30.3. The zero-order chi connectivity index (χ0) is 23.5. The lowest BCUT2D eigenvalue weighted by Crippen LogP contribution is -2.39. The van der Waals surface area contributed by atoms with Crippen LogP contribution in [0, 0.1) is 0 Å². The highest BCUT2D eigenvalue weighted by molar-refractivity contribution is 9.11. The number of hydrogen-bond donors (Lipinski definition) is 1. The highest BCUT2D eigenvalue weighted by atomic mass is 79.9. The number of halogens is 1. The molecule has 3 atom stereocenters. The van der Waals surface area contributed by atoms with Crippen LogP contribution in [0.2, 0.25) is 0 Å². The minimum Gasteiger partial charge on any atom is -0.374 e. The normalized spacial score (nSPS) is 20.8. The van der Waals surface area contributed by atoms with Gasteiger partial charge in [-0.25, -0.2) is 9.13 Å². The molecule has 1 saturated heterocycles. The molecule has 32 heavy (non-hydrogen) atoms. The van der Waals surface area contributed by atoms with Gasteiger partial charge in [0.25, 0.3) is 4.25 Å². The maximum atomic E-state index is 10.8. The fourth-order valence-electron chi connectivity index (χ4n) is 3.96. The Hall–Kier alpha value is 0.220. The Labute approximate surface area is 204 Å². The Kier molecular flexibility index (Phi) is 18.5. The lowest BCUT2D eigenvalue weighted by atomic mass is 10.0. The van der Waals surface area contributed by atoms with Gasteiger partial charge in [0.15, 0.2) is 0 Å². The van der Waals surface area contributed by atoms with E-state index in [2.05, 4.69) is 22.9 Å². The lowest BCUT2D eigenvalue weighted by molar-refractivity contribution is -0.155. The Bertz CT molecular complexity index is 499. The van der Waals surface area contributed by atoms with Gasteiger partial charge in [0, 0.05) is 0 Å². The SMILES string of the molecule is CCCCCCCCCCCCCCCCCC1COC(COCC(O)(Br)P(=O)=O)CO1. The zero-order valence-corrected chi connectivity index (χ0v) is 22.6. The van der Waals surface area contributed by atoms with E-state index in [9.17, 15) is 14.2 Å². The molecule has 0 aliphatic carbocycles. The van der Waals surface area contributed by atoms with Crippen LogP contribution in [0.1, 0.15) is 110 Å². The molecule has 0 amide bonds. The molecule has 0 bridgehead atoms. The monoisotopic (exact) mass is 540 g/mol. The first-order valence-corrected chi connectivity index (χ1v) is 14.8. The summed E-state index contributed by atoms with van der Waals surface area (Å²) in [4.78, 5) is 0. The van der Waals surface area contributed by atoms with E-state index in [-0.39, 0.29) is 25.4 Å². The highest BCUT2D eigenvalue weighted by Crippen LogP contribution is 2.32. The smallest absolute Gasteiger partial charge is 0.362 e. The molecular weight excluding hydrogens is 495 g/mol. The highest BCUT2D eigenvalue weighted by Gasteiger charge is 2.31. The summed E-state index contributed by atoms with van der Waals surface area (Å²) < 4.78 is 36.5. The second-order valence-electron chi connectivity index (χ2n) is 9.14. The van der Waals surface area contributed by atoms with Gasteiger partial charge in [-0.1, -0.05) is 103 Å². The van der Waals surface area contributed by atoms with Crippen LogP contribution < -0.4 is 0 Å². The van der Waals surface area contributed by atoms with E-state index in [1.807, 2.05) is 0 Å². The molecule has 3 unspecified atom stereocenters. The van der Waals surface area contributed by atoms with Gasteiger partial charge in [-0.3, -0.25) is 0 Å². The van der Waals surface area contributed by atoms with Gasteiger partial charge in [-0.05, 0) is 22.4 Å². The Morgan fingerprint density at radius 2 is 1.25 bits per heavy atom. The first-order chi connectivity index (χ1) is 15.5. The largest absolute Gasteiger partial charge is 0.374 e. The van der Waals surface area contributed by atoms with Gasteiger partial charge in [0.2, 0.25) is 0 Å². The van der Waals surface area contributed by atoms with Crippen LogP contribution in [-0.4, -0.2) is 48.0 Å². The molecule has 0 aromatic rings. The summed E-state index contributed by atoms with van der Waals surface area (Å²) in [5, 5.41) is 9.55. The van der Waals surface area contributed by atoms with Crippen LogP contribution >= 0.6 is 23.6 Å². The molecule has 190 valence electrons. The summed E-state index contributed by atoms with van der Waals surface area (Å²) in [6.45, 7) is 3.11. The van der Waals surface area contributed by atoms with Crippen molar-refractivity contribution in [1.29, 1.82) is 0 Å². The van der Waals surface area contributed by atoms with Gasteiger partial charge >= 0.3 is 7.68 Å². The Morgan fingerprint density at radius 3 is 1.69 bits per heavy atom. The van der Waals surface area contributed by atoms with E-state index in [1.54, 1.807) is 0 Å². The van der Waals surface area contributed by atoms with Crippen molar-refractivity contribution in [1.82, 2.24) is 0 Å². The molecule has 0 aromatic heterocycles. The van der Waals surface area contributed by atoms with Gasteiger partial charge < -0.3 is 19.3 Å². The fraction of sp³-hybridized carbons (Fsp3) is 1.00. The third kappa shape index (κ3) is 16.0. The van der Waals surface area contributed by atoms with Crippen molar-refractivity contribution < 1.29 is 28.4 Å². The van der Waals surface area contributed by atoms with Crippen molar-refractivity contribution in [3.63, 3.8) is 0 Å². The lowest BCUT2D eigenvalue weighted by Gasteiger charge is -2.29. The van der Waals surface area contributed by atoms with E-state index in [4.69, 9.17) is 14.2 Å². The molecule has 1 heterocycles. The molecule has 0 saturated carbocycles. The number of hydrogen-bond acceptors (Lipinski definition) is 6. The van der Waals surface area contributed by atoms with E-state index >= 15 is 0 Å². The molecule has 0 radical (unpaired) electrons. The number of rotatable bonds is 21. The average molecular weight is 542 g/mol. The van der Waals surface area contributed by atoms with Crippen LogP contribution in [0.3, 0.4) is 0 Å². The summed E-state index contributed by atoms with van der Waals surface area (Å²) in [5.74, 6) is 0. The standard InChI is InChI=1S/C24H46BrO6P/c1-2-3-4-5-6-7-8-9-10-11-12-13-14-15-16-17-22-19-31-23(20-30-22)18-29-21-24(25,26)32(27)28/h22-23,26H,2-21H2,1H3. The summed E-state index contributed by atoms with van der Waals surface area (Å²) in [7, 11) is -3.03. The first-order valence-electron chi connectivity index (χ1n) is 12.8. The van der Waals surface area contributed by atoms with Crippen molar-refractivity contribution in [2.75, 3.05) is 26.4 Å². The molecule has 8 heteroatoms. The molecule has 0 spiro atoms. The number of unbranched alkanes of at least 4 members (excludes halogenated alkanes) is 14. The van der Waals surface area contributed by atoms with Crippen LogP contribution in [0.4, 0.5) is 0 Å². The van der Waals surface area contributed by atoms with Gasteiger partial charge in [0.1, 0.15) is 6.10 Å². The third-order valence-corrected chi connectivity index (χ3v) is 7.82. The Balaban J connectivity index is 1.84. The van der Waals surface area contributed by atoms with E-state index in [0.29, 0.717) is 13.2 Å². The van der Waals surface area contributed by atoms with Crippen molar-refractivity contribution in [2.24, 2.45) is 0 Å². The molecule has 6 nitrogen and oxygen atoms in total. The summed E-state index contributed by atoms with van der Waals surface area (Å²) >= 11 is 2.72. The van der Waals surface area contributed by atoms with Crippen LogP contribution in [0.25, 0.3) is 0 Å². The summed E-state index contributed by atoms with van der Waals surface area (Å²) in [5.41, 5.74) is 0. The summed E-state index contributed by atoms with van der Waals surface area (Å²) in [6, 6.07) is 0. The zero-order valence-electron chi connectivity index (χ0n) is 20.1. The number of aliphatic hydroxyl groups is 1. The van der Waals surface area contributed by atoms with Crippen molar-refractivity contribution in [3.05, 3.63) is 0 Å². The minimum atomic E-state index is -3.03. The molecule has 1 aliphatic heterocycles.